The summed E-state index contributed by atoms with van der Waals surface area (Å²) >= 11 is 0. The SMILES string of the molecule is O=C(CCN1CCC(NC2CCCC2)CC1)c1ccccc1. The third kappa shape index (κ3) is 4.40. The van der Waals surface area contributed by atoms with Gasteiger partial charge in [0.1, 0.15) is 0 Å². The molecule has 1 N–H and O–H groups in total. The predicted octanol–water partition coefficient (Wildman–Crippen LogP) is 3.26. The normalized spacial score (nSPS) is 21.3. The molecule has 1 heterocycles. The molecule has 3 rings (SSSR count). The third-order valence-corrected chi connectivity index (χ3v) is 5.17. The Morgan fingerprint density at radius 1 is 1.00 bits per heavy atom. The maximum Gasteiger partial charge on any atom is 0.164 e. The number of rotatable bonds is 6. The second-order valence-corrected chi connectivity index (χ2v) is 6.80. The summed E-state index contributed by atoms with van der Waals surface area (Å²) in [6.45, 7) is 3.17. The maximum atomic E-state index is 12.1. The molecule has 3 heteroatoms. The first-order valence-electron chi connectivity index (χ1n) is 8.88. The Hall–Kier alpha value is -1.19. The van der Waals surface area contributed by atoms with Crippen molar-refractivity contribution >= 4 is 5.78 Å². The molecule has 120 valence electrons. The van der Waals surface area contributed by atoms with Gasteiger partial charge in [-0.15, -0.1) is 0 Å². The number of carbonyl (C=O) groups is 1. The molecule has 1 aliphatic heterocycles. The molecule has 1 aliphatic carbocycles. The van der Waals surface area contributed by atoms with Crippen LogP contribution >= 0.6 is 0 Å². The van der Waals surface area contributed by atoms with E-state index >= 15 is 0 Å². The van der Waals surface area contributed by atoms with E-state index < -0.39 is 0 Å². The largest absolute Gasteiger partial charge is 0.311 e. The van der Waals surface area contributed by atoms with Gasteiger partial charge in [0.25, 0.3) is 0 Å². The van der Waals surface area contributed by atoms with E-state index in [1.54, 1.807) is 0 Å². The Morgan fingerprint density at radius 3 is 2.32 bits per heavy atom. The van der Waals surface area contributed by atoms with Crippen LogP contribution in [-0.4, -0.2) is 42.4 Å². The molecule has 0 unspecified atom stereocenters. The van der Waals surface area contributed by atoms with Crippen molar-refractivity contribution in [1.82, 2.24) is 10.2 Å². The zero-order chi connectivity index (χ0) is 15.2. The van der Waals surface area contributed by atoms with Gasteiger partial charge in [0.2, 0.25) is 0 Å². The number of carbonyl (C=O) groups excluding carboxylic acids is 1. The van der Waals surface area contributed by atoms with Crippen molar-refractivity contribution in [1.29, 1.82) is 0 Å². The number of hydrogen-bond donors (Lipinski definition) is 1. The monoisotopic (exact) mass is 300 g/mol. The van der Waals surface area contributed by atoms with Crippen molar-refractivity contribution < 1.29 is 4.79 Å². The third-order valence-electron chi connectivity index (χ3n) is 5.17. The summed E-state index contributed by atoms with van der Waals surface area (Å²) in [4.78, 5) is 14.6. The van der Waals surface area contributed by atoms with Crippen LogP contribution in [0.25, 0.3) is 0 Å². The van der Waals surface area contributed by atoms with Crippen LogP contribution in [0, 0.1) is 0 Å². The minimum atomic E-state index is 0.270. The topological polar surface area (TPSA) is 32.3 Å². The molecule has 3 nitrogen and oxygen atoms in total. The highest BCUT2D eigenvalue weighted by molar-refractivity contribution is 5.96. The fraction of sp³-hybridized carbons (Fsp3) is 0.632. The van der Waals surface area contributed by atoms with Gasteiger partial charge in [0.15, 0.2) is 5.78 Å². The summed E-state index contributed by atoms with van der Waals surface area (Å²) in [5, 5.41) is 3.84. The number of piperidine rings is 1. The molecule has 0 amide bonds. The average molecular weight is 300 g/mol. The van der Waals surface area contributed by atoms with Crippen molar-refractivity contribution in [3.63, 3.8) is 0 Å². The second-order valence-electron chi connectivity index (χ2n) is 6.80. The lowest BCUT2D eigenvalue weighted by molar-refractivity contribution is 0.0954. The molecule has 0 spiro atoms. The van der Waals surface area contributed by atoms with Crippen LogP contribution in [0.5, 0.6) is 0 Å². The summed E-state index contributed by atoms with van der Waals surface area (Å²) < 4.78 is 0. The highest BCUT2D eigenvalue weighted by Crippen LogP contribution is 2.20. The Balaban J connectivity index is 1.36. The first-order chi connectivity index (χ1) is 10.8. The summed E-state index contributed by atoms with van der Waals surface area (Å²) in [5.41, 5.74) is 0.847. The first-order valence-corrected chi connectivity index (χ1v) is 8.88. The van der Waals surface area contributed by atoms with Gasteiger partial charge in [-0.3, -0.25) is 4.79 Å². The molecule has 22 heavy (non-hydrogen) atoms. The Morgan fingerprint density at radius 2 is 1.64 bits per heavy atom. The van der Waals surface area contributed by atoms with Gasteiger partial charge in [-0.1, -0.05) is 43.2 Å². The van der Waals surface area contributed by atoms with E-state index in [-0.39, 0.29) is 5.78 Å². The molecule has 2 aliphatic rings. The average Bonchev–Trinajstić information content (AvgIpc) is 3.08. The lowest BCUT2D eigenvalue weighted by Gasteiger charge is -2.33. The molecule has 2 fully saturated rings. The number of nitrogens with one attached hydrogen (secondary N) is 1. The van der Waals surface area contributed by atoms with E-state index in [1.165, 1.54) is 38.5 Å². The number of likely N-dealkylation sites (tertiary alicyclic amines) is 1. The number of ketones is 1. The lowest BCUT2D eigenvalue weighted by Crippen LogP contribution is -2.45. The minimum absolute atomic E-state index is 0.270. The van der Waals surface area contributed by atoms with Gasteiger partial charge in [-0.2, -0.15) is 0 Å². The fourth-order valence-corrected chi connectivity index (χ4v) is 3.78. The smallest absolute Gasteiger partial charge is 0.164 e. The van der Waals surface area contributed by atoms with E-state index in [4.69, 9.17) is 0 Å². The van der Waals surface area contributed by atoms with Crippen molar-refractivity contribution in [2.24, 2.45) is 0 Å². The number of hydrogen-bond acceptors (Lipinski definition) is 3. The van der Waals surface area contributed by atoms with Gasteiger partial charge in [0.05, 0.1) is 0 Å². The molecular weight excluding hydrogens is 272 g/mol. The Labute approximate surface area is 134 Å². The second kappa shape index (κ2) is 7.89. The number of Topliss-reactive ketones (excluding diaryl/α,β-unsaturated/α-hetero) is 1. The van der Waals surface area contributed by atoms with E-state index in [1.807, 2.05) is 30.3 Å². The predicted molar refractivity (Wildman–Crippen MR) is 90.2 cm³/mol. The summed E-state index contributed by atoms with van der Waals surface area (Å²) in [7, 11) is 0. The van der Waals surface area contributed by atoms with Gasteiger partial charge in [-0.05, 0) is 38.8 Å². The maximum absolute atomic E-state index is 12.1. The van der Waals surface area contributed by atoms with Crippen LogP contribution < -0.4 is 5.32 Å². The van der Waals surface area contributed by atoms with Crippen molar-refractivity contribution in [2.75, 3.05) is 19.6 Å². The lowest BCUT2D eigenvalue weighted by atomic mass is 10.0. The van der Waals surface area contributed by atoms with Crippen LogP contribution in [0.1, 0.15) is 55.3 Å². The van der Waals surface area contributed by atoms with Gasteiger partial charge < -0.3 is 10.2 Å². The van der Waals surface area contributed by atoms with Crippen LogP contribution in [0.2, 0.25) is 0 Å². The Kier molecular flexibility index (Phi) is 5.63. The summed E-state index contributed by atoms with van der Waals surface area (Å²) in [6.07, 6.45) is 8.64. The van der Waals surface area contributed by atoms with Gasteiger partial charge in [0, 0.05) is 30.6 Å². The number of benzene rings is 1. The van der Waals surface area contributed by atoms with E-state index in [0.717, 1.165) is 31.2 Å². The molecular formula is C19H28N2O. The fourth-order valence-electron chi connectivity index (χ4n) is 3.78. The molecule has 0 aromatic heterocycles. The van der Waals surface area contributed by atoms with E-state index in [0.29, 0.717) is 12.5 Å². The van der Waals surface area contributed by atoms with Crippen molar-refractivity contribution in [2.45, 2.75) is 57.0 Å². The zero-order valence-corrected chi connectivity index (χ0v) is 13.5. The zero-order valence-electron chi connectivity index (χ0n) is 13.5. The molecule has 0 radical (unpaired) electrons. The standard InChI is InChI=1S/C19H28N2O/c22-19(16-6-2-1-3-7-16)12-15-21-13-10-18(11-14-21)20-17-8-4-5-9-17/h1-3,6-7,17-18,20H,4-5,8-15H2. The Bertz CT molecular complexity index is 460. The van der Waals surface area contributed by atoms with Crippen molar-refractivity contribution in [3.8, 4) is 0 Å². The van der Waals surface area contributed by atoms with Gasteiger partial charge in [-0.25, -0.2) is 0 Å². The highest BCUT2D eigenvalue weighted by atomic mass is 16.1. The molecule has 1 saturated heterocycles. The van der Waals surface area contributed by atoms with Crippen LogP contribution in [0.4, 0.5) is 0 Å². The van der Waals surface area contributed by atoms with Crippen LogP contribution in [0.3, 0.4) is 0 Å². The van der Waals surface area contributed by atoms with Crippen LogP contribution in [0.15, 0.2) is 30.3 Å². The van der Waals surface area contributed by atoms with Gasteiger partial charge >= 0.3 is 0 Å². The molecule has 1 aromatic carbocycles. The molecule has 0 bridgehead atoms. The molecule has 0 atom stereocenters. The number of nitrogens with zero attached hydrogens (tertiary/aromatic N) is 1. The summed E-state index contributed by atoms with van der Waals surface area (Å²) in [5.74, 6) is 0.270. The molecule has 1 saturated carbocycles. The quantitative estimate of drug-likeness (QED) is 0.819. The molecule has 1 aromatic rings. The van der Waals surface area contributed by atoms with Crippen molar-refractivity contribution in [3.05, 3.63) is 35.9 Å². The minimum Gasteiger partial charge on any atom is -0.311 e. The summed E-state index contributed by atoms with van der Waals surface area (Å²) in [6, 6.07) is 11.1. The first kappa shape index (κ1) is 15.7. The highest BCUT2D eigenvalue weighted by Gasteiger charge is 2.23. The van der Waals surface area contributed by atoms with Crippen LogP contribution in [-0.2, 0) is 0 Å². The van der Waals surface area contributed by atoms with E-state index in [9.17, 15) is 4.79 Å². The van der Waals surface area contributed by atoms with E-state index in [2.05, 4.69) is 10.2 Å².